The molecule has 0 bridgehead atoms. The van der Waals surface area contributed by atoms with Gasteiger partial charge in [-0.2, -0.15) is 0 Å². The maximum Gasteiger partial charge on any atom is 0.200 e. The Morgan fingerprint density at radius 1 is 1.31 bits per heavy atom. The SMILES string of the molecule is COc1cc(CCO)cc(O)c1O. The number of aliphatic hydroxyl groups excluding tert-OH is 1. The van der Waals surface area contributed by atoms with Crippen LogP contribution in [0.3, 0.4) is 0 Å². The summed E-state index contributed by atoms with van der Waals surface area (Å²) in [6.45, 7) is -0.00658. The molecule has 0 aliphatic heterocycles. The molecule has 0 aromatic heterocycles. The zero-order valence-corrected chi connectivity index (χ0v) is 7.32. The lowest BCUT2D eigenvalue weighted by molar-refractivity contribution is 0.298. The second kappa shape index (κ2) is 4.00. The van der Waals surface area contributed by atoms with Crippen molar-refractivity contribution in [3.05, 3.63) is 17.7 Å². The highest BCUT2D eigenvalue weighted by molar-refractivity contribution is 5.51. The molecule has 4 nitrogen and oxygen atoms in total. The second-order valence-corrected chi connectivity index (χ2v) is 2.64. The number of hydrogen-bond acceptors (Lipinski definition) is 4. The van der Waals surface area contributed by atoms with Gasteiger partial charge in [0.2, 0.25) is 5.75 Å². The number of ether oxygens (including phenoxy) is 1. The molecular formula is C9H12O4. The fourth-order valence-electron chi connectivity index (χ4n) is 1.08. The molecule has 0 heterocycles. The molecule has 0 aliphatic rings. The van der Waals surface area contributed by atoms with E-state index in [-0.39, 0.29) is 23.9 Å². The Morgan fingerprint density at radius 3 is 2.54 bits per heavy atom. The molecule has 0 saturated heterocycles. The summed E-state index contributed by atoms with van der Waals surface area (Å²) < 4.78 is 4.82. The van der Waals surface area contributed by atoms with Crippen LogP contribution in [0.5, 0.6) is 17.2 Å². The van der Waals surface area contributed by atoms with Crippen molar-refractivity contribution in [1.29, 1.82) is 0 Å². The van der Waals surface area contributed by atoms with Crippen molar-refractivity contribution in [2.75, 3.05) is 13.7 Å². The summed E-state index contributed by atoms with van der Waals surface area (Å²) in [5.74, 6) is -0.296. The number of methoxy groups -OCH3 is 1. The third kappa shape index (κ3) is 2.03. The molecule has 0 radical (unpaired) electrons. The van der Waals surface area contributed by atoms with Gasteiger partial charge in [-0.05, 0) is 24.1 Å². The van der Waals surface area contributed by atoms with E-state index in [4.69, 9.17) is 9.84 Å². The van der Waals surface area contributed by atoms with Crippen LogP contribution in [-0.4, -0.2) is 29.0 Å². The first-order chi connectivity index (χ1) is 6.19. The van der Waals surface area contributed by atoms with Gasteiger partial charge in [0.1, 0.15) is 0 Å². The highest BCUT2D eigenvalue weighted by Crippen LogP contribution is 2.36. The van der Waals surface area contributed by atoms with Gasteiger partial charge >= 0.3 is 0 Å². The number of phenols is 2. The van der Waals surface area contributed by atoms with Crippen molar-refractivity contribution in [3.63, 3.8) is 0 Å². The van der Waals surface area contributed by atoms with Gasteiger partial charge in [0.05, 0.1) is 7.11 Å². The Labute approximate surface area is 76.0 Å². The van der Waals surface area contributed by atoms with E-state index in [1.807, 2.05) is 0 Å². The Morgan fingerprint density at radius 2 is 2.00 bits per heavy atom. The minimum Gasteiger partial charge on any atom is -0.504 e. The van der Waals surface area contributed by atoms with Gasteiger partial charge in [0, 0.05) is 6.61 Å². The molecular weight excluding hydrogens is 172 g/mol. The summed E-state index contributed by atoms with van der Waals surface area (Å²) in [5.41, 5.74) is 0.717. The van der Waals surface area contributed by atoms with E-state index in [2.05, 4.69) is 0 Å². The minimum absolute atomic E-state index is 0.00658. The second-order valence-electron chi connectivity index (χ2n) is 2.64. The maximum absolute atomic E-state index is 9.25. The molecule has 1 aromatic rings. The highest BCUT2D eigenvalue weighted by Gasteiger charge is 2.08. The van der Waals surface area contributed by atoms with Crippen molar-refractivity contribution < 1.29 is 20.1 Å². The van der Waals surface area contributed by atoms with E-state index in [1.165, 1.54) is 13.2 Å². The van der Waals surface area contributed by atoms with Crippen LogP contribution < -0.4 is 4.74 Å². The van der Waals surface area contributed by atoms with Gasteiger partial charge in [-0.1, -0.05) is 0 Å². The van der Waals surface area contributed by atoms with Gasteiger partial charge in [-0.15, -0.1) is 0 Å². The summed E-state index contributed by atoms with van der Waals surface area (Å²) in [6, 6.07) is 2.97. The molecule has 0 fully saturated rings. The standard InChI is InChI=1S/C9H12O4/c1-13-8-5-6(2-3-10)4-7(11)9(8)12/h4-5,10-12H,2-3H2,1H3. The number of aromatic hydroxyl groups is 2. The number of rotatable bonds is 3. The van der Waals surface area contributed by atoms with Crippen molar-refractivity contribution in [3.8, 4) is 17.2 Å². The molecule has 0 unspecified atom stereocenters. The molecule has 1 aromatic carbocycles. The highest BCUT2D eigenvalue weighted by atomic mass is 16.5. The maximum atomic E-state index is 9.25. The summed E-state index contributed by atoms with van der Waals surface area (Å²) in [7, 11) is 1.40. The third-order valence-electron chi connectivity index (χ3n) is 1.74. The molecule has 72 valence electrons. The Balaban J connectivity index is 3.06. The predicted molar refractivity (Wildman–Crippen MR) is 47.1 cm³/mol. The normalized spacial score (nSPS) is 10.0. The summed E-state index contributed by atoms with van der Waals surface area (Å²) >= 11 is 0. The van der Waals surface area contributed by atoms with Crippen LogP contribution in [0.1, 0.15) is 5.56 Å². The van der Waals surface area contributed by atoms with Crippen LogP contribution in [-0.2, 0) is 6.42 Å². The van der Waals surface area contributed by atoms with Gasteiger partial charge in [0.15, 0.2) is 11.5 Å². The monoisotopic (exact) mass is 184 g/mol. The first-order valence-corrected chi connectivity index (χ1v) is 3.88. The minimum atomic E-state index is -0.274. The lowest BCUT2D eigenvalue weighted by Gasteiger charge is -2.07. The first kappa shape index (κ1) is 9.67. The zero-order chi connectivity index (χ0) is 9.84. The topological polar surface area (TPSA) is 69.9 Å². The van der Waals surface area contributed by atoms with Crippen molar-refractivity contribution in [2.45, 2.75) is 6.42 Å². The van der Waals surface area contributed by atoms with Crippen LogP contribution in [0, 0.1) is 0 Å². The van der Waals surface area contributed by atoms with Gasteiger partial charge < -0.3 is 20.1 Å². The van der Waals surface area contributed by atoms with Crippen molar-refractivity contribution in [1.82, 2.24) is 0 Å². The molecule has 0 aliphatic carbocycles. The fourth-order valence-corrected chi connectivity index (χ4v) is 1.08. The van der Waals surface area contributed by atoms with E-state index < -0.39 is 0 Å². The number of phenolic OH excluding ortho intramolecular Hbond substituents is 2. The molecule has 13 heavy (non-hydrogen) atoms. The largest absolute Gasteiger partial charge is 0.504 e. The number of benzene rings is 1. The van der Waals surface area contributed by atoms with Gasteiger partial charge in [-0.25, -0.2) is 0 Å². The third-order valence-corrected chi connectivity index (χ3v) is 1.74. The molecule has 1 rings (SSSR count). The van der Waals surface area contributed by atoms with Crippen LogP contribution in [0.4, 0.5) is 0 Å². The Bertz CT molecular complexity index is 296. The number of hydrogen-bond donors (Lipinski definition) is 3. The van der Waals surface area contributed by atoms with Crippen molar-refractivity contribution in [2.24, 2.45) is 0 Å². The van der Waals surface area contributed by atoms with E-state index >= 15 is 0 Å². The Hall–Kier alpha value is -1.42. The summed E-state index contributed by atoms with van der Waals surface area (Å²) in [6.07, 6.45) is 0.421. The van der Waals surface area contributed by atoms with Crippen molar-refractivity contribution >= 4 is 0 Å². The quantitative estimate of drug-likeness (QED) is 0.603. The number of aliphatic hydroxyl groups is 1. The summed E-state index contributed by atoms with van der Waals surface area (Å²) in [4.78, 5) is 0. The molecule has 0 saturated carbocycles. The van der Waals surface area contributed by atoms with Gasteiger partial charge in [-0.3, -0.25) is 0 Å². The summed E-state index contributed by atoms with van der Waals surface area (Å²) in [5, 5.41) is 27.1. The average Bonchev–Trinajstić information content (AvgIpc) is 2.11. The lowest BCUT2D eigenvalue weighted by atomic mass is 10.1. The molecule has 0 atom stereocenters. The van der Waals surface area contributed by atoms with Gasteiger partial charge in [0.25, 0.3) is 0 Å². The molecule has 3 N–H and O–H groups in total. The van der Waals surface area contributed by atoms with E-state index in [9.17, 15) is 10.2 Å². The van der Waals surface area contributed by atoms with E-state index in [0.717, 1.165) is 5.56 Å². The van der Waals surface area contributed by atoms with E-state index in [0.29, 0.717) is 6.42 Å². The van der Waals surface area contributed by atoms with E-state index in [1.54, 1.807) is 6.07 Å². The lowest BCUT2D eigenvalue weighted by Crippen LogP contribution is -1.92. The Kier molecular flexibility index (Phi) is 2.97. The van der Waals surface area contributed by atoms with Crippen LogP contribution in [0.2, 0.25) is 0 Å². The van der Waals surface area contributed by atoms with Crippen LogP contribution in [0.25, 0.3) is 0 Å². The molecule has 0 spiro atoms. The zero-order valence-electron chi connectivity index (χ0n) is 7.32. The molecule has 0 amide bonds. The fraction of sp³-hybridized carbons (Fsp3) is 0.333. The molecule has 4 heteroatoms. The smallest absolute Gasteiger partial charge is 0.200 e. The first-order valence-electron chi connectivity index (χ1n) is 3.88. The van der Waals surface area contributed by atoms with Crippen LogP contribution >= 0.6 is 0 Å². The average molecular weight is 184 g/mol. The van der Waals surface area contributed by atoms with Crippen LogP contribution in [0.15, 0.2) is 12.1 Å². The predicted octanol–water partition coefficient (Wildman–Crippen LogP) is 0.641.